The van der Waals surface area contributed by atoms with Gasteiger partial charge in [0.05, 0.1) is 33.6 Å². The van der Waals surface area contributed by atoms with E-state index in [1.165, 1.54) is 12.1 Å². The van der Waals surface area contributed by atoms with Gasteiger partial charge in [-0.2, -0.15) is 0 Å². The molecule has 4 N–H and O–H groups in total. The molecule has 9 nitrogen and oxygen atoms in total. The molecule has 2 aliphatic carbocycles. The topological polar surface area (TPSA) is 150 Å². The van der Waals surface area contributed by atoms with Crippen LogP contribution in [0.1, 0.15) is 48.9 Å². The van der Waals surface area contributed by atoms with Crippen molar-refractivity contribution in [2.24, 2.45) is 11.8 Å². The predicted octanol–water partition coefficient (Wildman–Crippen LogP) is 3.68. The maximum atomic E-state index is 13.7. The third-order valence-electron chi connectivity index (χ3n) is 7.66. The number of carboxylic acids is 1. The number of amides is 2. The number of fused-ring (bicyclic) bond motifs is 2. The molecule has 0 radical (unpaired) electrons. The zero-order chi connectivity index (χ0) is 29.4. The van der Waals surface area contributed by atoms with E-state index in [1.807, 2.05) is 0 Å². The Bertz CT molecular complexity index is 1430. The summed E-state index contributed by atoms with van der Waals surface area (Å²) in [5.74, 6) is -8.27. The number of halogens is 4. The minimum atomic E-state index is -4.13. The molecule has 4 rings (SSSR count). The van der Waals surface area contributed by atoms with E-state index in [2.05, 4.69) is 10.6 Å². The summed E-state index contributed by atoms with van der Waals surface area (Å²) >= 11 is 6.21. The minimum absolute atomic E-state index is 0.0403. The van der Waals surface area contributed by atoms with Crippen LogP contribution in [-0.4, -0.2) is 53.8 Å². The van der Waals surface area contributed by atoms with Gasteiger partial charge in [0.1, 0.15) is 0 Å². The minimum Gasteiger partial charge on any atom is -0.481 e. The molecule has 1 unspecified atom stereocenters. The second kappa shape index (κ2) is 11.4. The first-order valence-corrected chi connectivity index (χ1v) is 14.3. The molecule has 216 valence electrons. The van der Waals surface area contributed by atoms with E-state index in [4.69, 9.17) is 16.7 Å². The zero-order valence-corrected chi connectivity index (χ0v) is 22.5. The molecule has 2 aromatic rings. The lowest BCUT2D eigenvalue weighted by atomic mass is 9.72. The highest BCUT2D eigenvalue weighted by atomic mass is 35.5. The highest BCUT2D eigenvalue weighted by molar-refractivity contribution is 7.92. The molecular weight excluding hydrogens is 577 g/mol. The average Bonchev–Trinajstić information content (AvgIpc) is 3.03. The van der Waals surface area contributed by atoms with Crippen molar-refractivity contribution in [2.45, 2.75) is 54.3 Å². The van der Waals surface area contributed by atoms with Crippen LogP contribution in [0.4, 0.5) is 18.9 Å². The second-order valence-electron chi connectivity index (χ2n) is 10.1. The monoisotopic (exact) mass is 602 g/mol. The van der Waals surface area contributed by atoms with Crippen LogP contribution in [0.25, 0.3) is 0 Å². The van der Waals surface area contributed by atoms with Crippen LogP contribution in [0.2, 0.25) is 5.02 Å². The number of anilines is 1. The fourth-order valence-electron chi connectivity index (χ4n) is 5.65. The Balaban J connectivity index is 1.50. The van der Waals surface area contributed by atoms with Gasteiger partial charge in [0.15, 0.2) is 27.3 Å². The predicted molar refractivity (Wildman–Crippen MR) is 137 cm³/mol. The number of aliphatic hydroxyl groups is 1. The lowest BCUT2D eigenvalue weighted by Crippen LogP contribution is -2.50. The van der Waals surface area contributed by atoms with Crippen molar-refractivity contribution >= 4 is 44.9 Å². The van der Waals surface area contributed by atoms with Crippen molar-refractivity contribution in [2.75, 3.05) is 11.9 Å². The number of sulfone groups is 1. The number of nitrogens with one attached hydrogen (secondary N) is 2. The van der Waals surface area contributed by atoms with E-state index in [0.717, 1.165) is 6.07 Å². The number of rotatable bonds is 9. The Kier molecular flexibility index (Phi) is 8.48. The largest absolute Gasteiger partial charge is 0.481 e. The Morgan fingerprint density at radius 3 is 2.20 bits per heavy atom. The van der Waals surface area contributed by atoms with Crippen LogP contribution >= 0.6 is 11.6 Å². The van der Waals surface area contributed by atoms with Crippen molar-refractivity contribution in [3.63, 3.8) is 0 Å². The molecule has 0 heterocycles. The normalized spacial score (nSPS) is 24.0. The second-order valence-corrected chi connectivity index (χ2v) is 12.7. The summed E-state index contributed by atoms with van der Waals surface area (Å²) in [6, 6.07) is 4.62. The smallest absolute Gasteiger partial charge is 0.305 e. The first-order valence-electron chi connectivity index (χ1n) is 12.4. The van der Waals surface area contributed by atoms with Gasteiger partial charge >= 0.3 is 5.97 Å². The number of hydrogen-bond acceptors (Lipinski definition) is 6. The molecule has 2 aliphatic rings. The molecule has 0 aliphatic heterocycles. The van der Waals surface area contributed by atoms with Gasteiger partial charge in [0.25, 0.3) is 5.91 Å². The van der Waals surface area contributed by atoms with Crippen molar-refractivity contribution < 1.29 is 46.2 Å². The van der Waals surface area contributed by atoms with Crippen molar-refractivity contribution in [1.82, 2.24) is 5.32 Å². The van der Waals surface area contributed by atoms with Gasteiger partial charge in [-0.15, -0.1) is 0 Å². The van der Waals surface area contributed by atoms with Crippen LogP contribution in [0, 0.1) is 29.3 Å². The van der Waals surface area contributed by atoms with Crippen LogP contribution in [0.15, 0.2) is 35.2 Å². The zero-order valence-electron chi connectivity index (χ0n) is 20.9. The Labute approximate surface area is 232 Å². The van der Waals surface area contributed by atoms with E-state index in [-0.39, 0.29) is 53.4 Å². The maximum absolute atomic E-state index is 13.7. The van der Waals surface area contributed by atoms with E-state index in [0.29, 0.717) is 25.0 Å². The van der Waals surface area contributed by atoms with Crippen LogP contribution in [0.3, 0.4) is 0 Å². The molecule has 2 aromatic carbocycles. The Morgan fingerprint density at radius 2 is 1.62 bits per heavy atom. The van der Waals surface area contributed by atoms with Gasteiger partial charge in [-0.25, -0.2) is 21.6 Å². The van der Waals surface area contributed by atoms with Gasteiger partial charge < -0.3 is 20.8 Å². The van der Waals surface area contributed by atoms with Crippen LogP contribution in [0.5, 0.6) is 0 Å². The van der Waals surface area contributed by atoms with Gasteiger partial charge in [0.2, 0.25) is 5.91 Å². The molecule has 0 spiro atoms. The number of hydrogen-bond donors (Lipinski definition) is 4. The summed E-state index contributed by atoms with van der Waals surface area (Å²) in [6.45, 7) is -0.0932. The Hall–Kier alpha value is -3.16. The summed E-state index contributed by atoms with van der Waals surface area (Å²) in [4.78, 5) is 35.4. The van der Waals surface area contributed by atoms with Crippen molar-refractivity contribution in [1.29, 1.82) is 0 Å². The molecule has 2 amide bonds. The molecule has 14 heteroatoms. The van der Waals surface area contributed by atoms with Gasteiger partial charge in [-0.1, -0.05) is 11.6 Å². The maximum Gasteiger partial charge on any atom is 0.305 e. The number of carbonyl (C=O) groups is 3. The van der Waals surface area contributed by atoms with Crippen molar-refractivity contribution in [3.05, 3.63) is 58.4 Å². The number of benzene rings is 2. The lowest BCUT2D eigenvalue weighted by Gasteiger charge is -2.42. The third-order valence-corrected chi connectivity index (χ3v) is 10.3. The number of aliphatic carboxylic acids is 1. The summed E-state index contributed by atoms with van der Waals surface area (Å²) in [5, 5.41) is 23.6. The van der Waals surface area contributed by atoms with E-state index in [9.17, 15) is 41.1 Å². The Morgan fingerprint density at radius 1 is 1.02 bits per heavy atom. The standard InChI is InChI=1S/C26H26ClF3N2O7S/c27-18-4-1-13(25(36)32-16-10-19(28)24(30)20(29)11-16)7-21(18)40(38,39)17-8-14-2-3-15(9-17)26(14,37)12-22(33)31-6-5-23(34)35/h1,4,7,10-11,14-15,17,37H,2-3,5-6,8-9,12H2,(H,31,33)(H,32,36)(H,34,35)/t14-,15?,17-,26-/m1/s1. The van der Waals surface area contributed by atoms with Gasteiger partial charge in [0, 0.05) is 29.9 Å². The van der Waals surface area contributed by atoms with E-state index < -0.39 is 67.8 Å². The third kappa shape index (κ3) is 5.96. The van der Waals surface area contributed by atoms with Crippen LogP contribution < -0.4 is 10.6 Å². The summed E-state index contributed by atoms with van der Waals surface area (Å²) < 4.78 is 67.6. The van der Waals surface area contributed by atoms with Crippen molar-refractivity contribution in [3.8, 4) is 0 Å². The van der Waals surface area contributed by atoms with E-state index >= 15 is 0 Å². The van der Waals surface area contributed by atoms with E-state index in [1.54, 1.807) is 0 Å². The highest BCUT2D eigenvalue weighted by Gasteiger charge is 2.56. The quantitative estimate of drug-likeness (QED) is 0.320. The number of carbonyl (C=O) groups excluding carboxylic acids is 2. The molecule has 4 atom stereocenters. The van der Waals surface area contributed by atoms with Gasteiger partial charge in [-0.3, -0.25) is 14.4 Å². The molecule has 0 aromatic heterocycles. The molecule has 2 bridgehead atoms. The summed E-state index contributed by atoms with van der Waals surface area (Å²) in [7, 11) is -4.13. The van der Waals surface area contributed by atoms with Crippen LogP contribution in [-0.2, 0) is 19.4 Å². The number of carboxylic acid groups (broad SMARTS) is 1. The SMILES string of the molecule is O=C(O)CCNC(=O)C[C@]1(O)C2CC[C@@H]1C[C@@H](S(=O)(=O)c1cc(C(=O)Nc3cc(F)c(F)c(F)c3)ccc1Cl)C2. The highest BCUT2D eigenvalue weighted by Crippen LogP contribution is 2.53. The molecular formula is C26H26ClF3N2O7S. The lowest BCUT2D eigenvalue weighted by molar-refractivity contribution is -0.137. The molecule has 2 saturated carbocycles. The molecule has 0 saturated heterocycles. The van der Waals surface area contributed by atoms with Gasteiger partial charge in [-0.05, 0) is 55.7 Å². The molecule has 2 fully saturated rings. The first kappa shape index (κ1) is 29.8. The fourth-order valence-corrected chi connectivity index (χ4v) is 8.06. The summed E-state index contributed by atoms with van der Waals surface area (Å²) in [5.41, 5.74) is -2.00. The summed E-state index contributed by atoms with van der Waals surface area (Å²) in [6.07, 6.45) is 0.521. The first-order chi connectivity index (χ1) is 18.7. The average molecular weight is 603 g/mol. The molecule has 40 heavy (non-hydrogen) atoms. The fraction of sp³-hybridized carbons (Fsp3) is 0.423.